The monoisotopic (exact) mass is 488 g/mol. The lowest BCUT2D eigenvalue weighted by Gasteiger charge is -2.07. The Balaban J connectivity index is 1.37. The van der Waals surface area contributed by atoms with Crippen molar-refractivity contribution in [3.05, 3.63) is 99.0 Å². The molecule has 0 aliphatic rings. The van der Waals surface area contributed by atoms with Crippen LogP contribution in [0.5, 0.6) is 5.75 Å². The Hall–Kier alpha value is -4.32. The number of ether oxygens (including phenoxy) is 1. The smallest absolute Gasteiger partial charge is 0.311 e. The minimum absolute atomic E-state index is 0.0356. The van der Waals surface area contributed by atoms with Crippen molar-refractivity contribution in [2.75, 3.05) is 5.32 Å². The fraction of sp³-hybridized carbons (Fsp3) is 0.0952. The third-order valence-electron chi connectivity index (χ3n) is 4.57. The molecule has 0 aliphatic carbocycles. The quantitative estimate of drug-likeness (QED) is 0.292. The molecule has 4 aromatic rings. The number of anilines is 1. The number of nitro groups is 1. The maximum atomic E-state index is 13.4. The van der Waals surface area contributed by atoms with Crippen LogP contribution in [0.3, 0.4) is 0 Å². The summed E-state index contributed by atoms with van der Waals surface area (Å²) in [7, 11) is 0. The van der Waals surface area contributed by atoms with Gasteiger partial charge in [0.25, 0.3) is 5.91 Å². The SMILES string of the molecule is O=C(Nc1ccn(Cc2ccc(F)cc2Cl)n1)c1ccn(COc2cc(F)ccc2[N+](=O)[O-])n1. The van der Waals surface area contributed by atoms with Crippen molar-refractivity contribution in [2.45, 2.75) is 13.3 Å². The van der Waals surface area contributed by atoms with Gasteiger partial charge in [0, 0.05) is 35.6 Å². The van der Waals surface area contributed by atoms with Crippen LogP contribution < -0.4 is 10.1 Å². The molecular formula is C21H15ClF2N6O4. The number of rotatable bonds is 8. The molecular weight excluding hydrogens is 474 g/mol. The van der Waals surface area contributed by atoms with Gasteiger partial charge in [-0.1, -0.05) is 17.7 Å². The number of hydrogen-bond acceptors (Lipinski definition) is 6. The van der Waals surface area contributed by atoms with E-state index in [-0.39, 0.29) is 35.6 Å². The maximum Gasteiger partial charge on any atom is 0.311 e. The summed E-state index contributed by atoms with van der Waals surface area (Å²) in [6, 6.07) is 9.87. The number of nitro benzene ring substituents is 1. The lowest BCUT2D eigenvalue weighted by molar-refractivity contribution is -0.386. The predicted molar refractivity (Wildman–Crippen MR) is 117 cm³/mol. The Morgan fingerprint density at radius 2 is 1.79 bits per heavy atom. The van der Waals surface area contributed by atoms with Crippen molar-refractivity contribution >= 4 is 29.0 Å². The van der Waals surface area contributed by atoms with Crippen LogP contribution in [0.1, 0.15) is 16.1 Å². The lowest BCUT2D eigenvalue weighted by atomic mass is 10.2. The van der Waals surface area contributed by atoms with E-state index in [1.165, 1.54) is 33.8 Å². The zero-order valence-electron chi connectivity index (χ0n) is 17.2. The molecule has 2 aromatic heterocycles. The molecule has 0 radical (unpaired) electrons. The molecule has 13 heteroatoms. The Labute approximate surface area is 195 Å². The minimum Gasteiger partial charge on any atom is -0.464 e. The van der Waals surface area contributed by atoms with Gasteiger partial charge in [-0.25, -0.2) is 13.5 Å². The van der Waals surface area contributed by atoms with Gasteiger partial charge in [0.15, 0.2) is 18.2 Å². The predicted octanol–water partition coefficient (Wildman–Crippen LogP) is 4.26. The van der Waals surface area contributed by atoms with E-state index in [1.807, 2.05) is 0 Å². The molecule has 0 unspecified atom stereocenters. The molecule has 0 saturated heterocycles. The number of hydrogen-bond donors (Lipinski definition) is 1. The molecule has 34 heavy (non-hydrogen) atoms. The van der Waals surface area contributed by atoms with Gasteiger partial charge in [-0.3, -0.25) is 19.6 Å². The molecule has 0 atom stereocenters. The Bertz CT molecular complexity index is 1370. The number of amides is 1. The first-order chi connectivity index (χ1) is 16.3. The van der Waals surface area contributed by atoms with Gasteiger partial charge >= 0.3 is 5.69 Å². The Kier molecular flexibility index (Phi) is 6.50. The van der Waals surface area contributed by atoms with Gasteiger partial charge in [-0.15, -0.1) is 0 Å². The fourth-order valence-corrected chi connectivity index (χ4v) is 3.19. The average molecular weight is 489 g/mol. The number of carbonyl (C=O) groups excluding carboxylic acids is 1. The third-order valence-corrected chi connectivity index (χ3v) is 4.93. The van der Waals surface area contributed by atoms with Crippen LogP contribution in [0.2, 0.25) is 5.02 Å². The van der Waals surface area contributed by atoms with E-state index < -0.39 is 28.2 Å². The molecule has 1 amide bonds. The summed E-state index contributed by atoms with van der Waals surface area (Å²) >= 11 is 6.03. The van der Waals surface area contributed by atoms with Gasteiger partial charge in [-0.05, 0) is 29.8 Å². The highest BCUT2D eigenvalue weighted by molar-refractivity contribution is 6.31. The summed E-state index contributed by atoms with van der Waals surface area (Å²) in [5, 5.41) is 22.2. The van der Waals surface area contributed by atoms with Gasteiger partial charge < -0.3 is 10.1 Å². The van der Waals surface area contributed by atoms with Crippen LogP contribution in [-0.2, 0) is 13.3 Å². The highest BCUT2D eigenvalue weighted by Gasteiger charge is 2.17. The molecule has 174 valence electrons. The summed E-state index contributed by atoms with van der Waals surface area (Å²) < 4.78 is 34.6. The Morgan fingerprint density at radius 1 is 1.06 bits per heavy atom. The zero-order chi connectivity index (χ0) is 24.2. The summed E-state index contributed by atoms with van der Waals surface area (Å²) in [4.78, 5) is 22.8. The zero-order valence-corrected chi connectivity index (χ0v) is 17.9. The van der Waals surface area contributed by atoms with E-state index in [4.69, 9.17) is 16.3 Å². The van der Waals surface area contributed by atoms with E-state index >= 15 is 0 Å². The van der Waals surface area contributed by atoms with Crippen molar-refractivity contribution < 1.29 is 23.2 Å². The molecule has 1 N–H and O–H groups in total. The van der Waals surface area contributed by atoms with E-state index in [2.05, 4.69) is 15.5 Å². The van der Waals surface area contributed by atoms with Gasteiger partial charge in [0.1, 0.15) is 11.6 Å². The van der Waals surface area contributed by atoms with Gasteiger partial charge in [-0.2, -0.15) is 10.2 Å². The molecule has 10 nitrogen and oxygen atoms in total. The fourth-order valence-electron chi connectivity index (χ4n) is 2.97. The first kappa shape index (κ1) is 22.9. The summed E-state index contributed by atoms with van der Waals surface area (Å²) in [5.74, 6) is -1.70. The van der Waals surface area contributed by atoms with Gasteiger partial charge in [0.05, 0.1) is 11.5 Å². The topological polar surface area (TPSA) is 117 Å². The highest BCUT2D eigenvalue weighted by Crippen LogP contribution is 2.27. The van der Waals surface area contributed by atoms with Crippen LogP contribution in [0.4, 0.5) is 20.3 Å². The van der Waals surface area contributed by atoms with E-state index in [1.54, 1.807) is 18.3 Å². The summed E-state index contributed by atoms with van der Waals surface area (Å²) in [5.41, 5.74) is 0.291. The molecule has 0 fully saturated rings. The van der Waals surface area contributed by atoms with Crippen LogP contribution >= 0.6 is 11.6 Å². The van der Waals surface area contributed by atoms with Crippen LogP contribution in [0, 0.1) is 21.7 Å². The molecule has 2 aromatic carbocycles. The lowest BCUT2D eigenvalue weighted by Crippen LogP contribution is -2.15. The normalized spacial score (nSPS) is 10.8. The molecule has 0 bridgehead atoms. The van der Waals surface area contributed by atoms with E-state index in [0.29, 0.717) is 5.56 Å². The second kappa shape index (κ2) is 9.67. The second-order valence-corrected chi connectivity index (χ2v) is 7.38. The number of halogens is 3. The van der Waals surface area contributed by atoms with Crippen molar-refractivity contribution in [3.63, 3.8) is 0 Å². The molecule has 0 aliphatic heterocycles. The highest BCUT2D eigenvalue weighted by atomic mass is 35.5. The first-order valence-corrected chi connectivity index (χ1v) is 10.1. The van der Waals surface area contributed by atoms with E-state index in [0.717, 1.165) is 18.2 Å². The van der Waals surface area contributed by atoms with Crippen LogP contribution in [0.15, 0.2) is 60.9 Å². The molecule has 4 rings (SSSR count). The summed E-state index contributed by atoms with van der Waals surface area (Å²) in [6.07, 6.45) is 3.04. The molecule has 0 spiro atoms. The molecule has 2 heterocycles. The van der Waals surface area contributed by atoms with Crippen LogP contribution in [-0.4, -0.2) is 30.4 Å². The molecule has 0 saturated carbocycles. The van der Waals surface area contributed by atoms with E-state index in [9.17, 15) is 23.7 Å². The number of nitrogens with one attached hydrogen (secondary N) is 1. The van der Waals surface area contributed by atoms with Crippen molar-refractivity contribution in [2.24, 2.45) is 0 Å². The average Bonchev–Trinajstić information content (AvgIpc) is 3.43. The van der Waals surface area contributed by atoms with Crippen molar-refractivity contribution in [1.29, 1.82) is 0 Å². The summed E-state index contributed by atoms with van der Waals surface area (Å²) in [6.45, 7) is -0.0161. The second-order valence-electron chi connectivity index (χ2n) is 6.97. The Morgan fingerprint density at radius 3 is 2.56 bits per heavy atom. The standard InChI is InChI=1S/C21H15ClF2N6O4/c22-16-9-14(23)2-1-13(16)11-28-8-6-20(27-28)25-21(31)17-5-7-29(26-17)12-34-19-10-15(24)3-4-18(19)30(32)33/h1-10H,11-12H2,(H,25,27,31). The largest absolute Gasteiger partial charge is 0.464 e. The van der Waals surface area contributed by atoms with Gasteiger partial charge in [0.2, 0.25) is 5.75 Å². The third kappa shape index (κ3) is 5.35. The number of carbonyl (C=O) groups is 1. The van der Waals surface area contributed by atoms with Crippen molar-refractivity contribution in [1.82, 2.24) is 19.6 Å². The van der Waals surface area contributed by atoms with Crippen LogP contribution in [0.25, 0.3) is 0 Å². The minimum atomic E-state index is -0.695. The number of nitrogens with zero attached hydrogens (tertiary/aromatic N) is 5. The first-order valence-electron chi connectivity index (χ1n) is 9.67. The maximum absolute atomic E-state index is 13.4. The number of benzene rings is 2. The number of aromatic nitrogens is 4. The van der Waals surface area contributed by atoms with Crippen molar-refractivity contribution in [3.8, 4) is 5.75 Å².